The van der Waals surface area contributed by atoms with Gasteiger partial charge >= 0.3 is 5.97 Å². The number of carbonyl (C=O) groups excluding carboxylic acids is 2. The Hall–Kier alpha value is -2.57. The largest absolute Gasteiger partial charge is 0.482 e. The maximum Gasteiger partial charge on any atom is 0.306 e. The van der Waals surface area contributed by atoms with Gasteiger partial charge in [-0.15, -0.1) is 0 Å². The number of nitrogens with one attached hydrogen (secondary N) is 2. The first-order valence-corrected chi connectivity index (χ1v) is 7.63. The van der Waals surface area contributed by atoms with Crippen LogP contribution in [0.4, 0.5) is 5.69 Å². The molecule has 1 aromatic carbocycles. The van der Waals surface area contributed by atoms with E-state index in [9.17, 15) is 14.4 Å². The molecule has 1 aliphatic carbocycles. The highest BCUT2D eigenvalue weighted by atomic mass is 16.5. The minimum Gasteiger partial charge on any atom is -0.482 e. The molecule has 3 N–H and O–H groups in total. The lowest BCUT2D eigenvalue weighted by Crippen LogP contribution is -2.38. The first kappa shape index (κ1) is 15.3. The number of fused-ring (bicyclic) bond motifs is 1. The minimum atomic E-state index is -0.761. The number of aliphatic carboxylic acids is 1. The Bertz CT molecular complexity index is 650. The maximum absolute atomic E-state index is 12.3. The summed E-state index contributed by atoms with van der Waals surface area (Å²) in [5.41, 5.74) is 1.01. The number of carboxylic acids is 1. The van der Waals surface area contributed by atoms with Crippen molar-refractivity contribution in [3.05, 3.63) is 23.8 Å². The molecule has 0 atom stereocenters. The predicted octanol–water partition coefficient (Wildman–Crippen LogP) is 1.39. The molecule has 0 bridgehead atoms. The molecule has 1 aliphatic heterocycles. The second-order valence-electron chi connectivity index (χ2n) is 5.91. The molecule has 3 rings (SSSR count). The van der Waals surface area contributed by atoms with Crippen LogP contribution in [0.1, 0.15) is 36.0 Å². The topological polar surface area (TPSA) is 105 Å². The molecule has 1 saturated carbocycles. The molecule has 1 heterocycles. The van der Waals surface area contributed by atoms with Crippen LogP contribution >= 0.6 is 0 Å². The number of carboxylic acid groups (broad SMARTS) is 1. The van der Waals surface area contributed by atoms with Gasteiger partial charge in [-0.25, -0.2) is 0 Å². The second kappa shape index (κ2) is 6.28. The molecule has 0 unspecified atom stereocenters. The Labute approximate surface area is 133 Å². The lowest BCUT2D eigenvalue weighted by molar-refractivity contribution is -0.142. The number of hydrogen-bond acceptors (Lipinski definition) is 4. The van der Waals surface area contributed by atoms with Crippen molar-refractivity contribution in [2.24, 2.45) is 5.92 Å². The van der Waals surface area contributed by atoms with E-state index in [2.05, 4.69) is 10.6 Å². The summed E-state index contributed by atoms with van der Waals surface area (Å²) in [6.07, 6.45) is 2.50. The van der Waals surface area contributed by atoms with Crippen LogP contribution in [0.3, 0.4) is 0 Å². The van der Waals surface area contributed by atoms with Crippen molar-refractivity contribution in [2.45, 2.75) is 31.7 Å². The van der Waals surface area contributed by atoms with E-state index in [1.807, 2.05) is 0 Å². The third-order valence-corrected chi connectivity index (χ3v) is 4.29. The second-order valence-corrected chi connectivity index (χ2v) is 5.91. The Balaban J connectivity index is 1.61. The van der Waals surface area contributed by atoms with Crippen molar-refractivity contribution in [1.29, 1.82) is 0 Å². The monoisotopic (exact) mass is 318 g/mol. The van der Waals surface area contributed by atoms with Gasteiger partial charge in [0.2, 0.25) is 0 Å². The molecule has 0 aromatic heterocycles. The van der Waals surface area contributed by atoms with Gasteiger partial charge < -0.3 is 20.5 Å². The normalized spacial score (nSPS) is 23.2. The number of hydrogen-bond donors (Lipinski definition) is 3. The van der Waals surface area contributed by atoms with Crippen LogP contribution in [0.25, 0.3) is 0 Å². The van der Waals surface area contributed by atoms with Gasteiger partial charge in [0.1, 0.15) is 5.75 Å². The first-order valence-electron chi connectivity index (χ1n) is 7.63. The van der Waals surface area contributed by atoms with Gasteiger partial charge in [0.15, 0.2) is 6.61 Å². The molecular formula is C16H18N2O5. The highest BCUT2D eigenvalue weighted by Gasteiger charge is 2.27. The first-order chi connectivity index (χ1) is 11.0. The SMILES string of the molecule is O=C1COc2cc(C(=O)NC3CCC(C(=O)O)CC3)ccc2N1. The summed E-state index contributed by atoms with van der Waals surface area (Å²) in [7, 11) is 0. The van der Waals surface area contributed by atoms with Gasteiger partial charge in [0, 0.05) is 11.6 Å². The van der Waals surface area contributed by atoms with Crippen molar-refractivity contribution < 1.29 is 24.2 Å². The zero-order valence-corrected chi connectivity index (χ0v) is 12.5. The number of ether oxygens (including phenoxy) is 1. The molecule has 2 amide bonds. The Kier molecular flexibility index (Phi) is 4.18. The third-order valence-electron chi connectivity index (χ3n) is 4.29. The maximum atomic E-state index is 12.3. The molecule has 0 saturated heterocycles. The van der Waals surface area contributed by atoms with E-state index >= 15 is 0 Å². The highest BCUT2D eigenvalue weighted by molar-refractivity contribution is 5.99. The zero-order chi connectivity index (χ0) is 16.4. The van der Waals surface area contributed by atoms with Gasteiger partial charge in [-0.3, -0.25) is 14.4 Å². The molecule has 2 aliphatic rings. The quantitative estimate of drug-likeness (QED) is 0.781. The summed E-state index contributed by atoms with van der Waals surface area (Å²) in [5.74, 6) is -1.02. The van der Waals surface area contributed by atoms with Crippen molar-refractivity contribution in [1.82, 2.24) is 5.32 Å². The standard InChI is InChI=1S/C16H18N2O5/c19-14-8-23-13-7-10(3-6-12(13)18-14)15(20)17-11-4-1-9(2-5-11)16(21)22/h3,6-7,9,11H,1-2,4-5,8H2,(H,17,20)(H,18,19)(H,21,22). The Morgan fingerprint density at radius 2 is 1.96 bits per heavy atom. The number of carbonyl (C=O) groups is 3. The zero-order valence-electron chi connectivity index (χ0n) is 12.5. The summed E-state index contributed by atoms with van der Waals surface area (Å²) in [6, 6.07) is 4.87. The molecule has 1 aromatic rings. The summed E-state index contributed by atoms with van der Waals surface area (Å²) in [4.78, 5) is 34.5. The molecule has 23 heavy (non-hydrogen) atoms. The van der Waals surface area contributed by atoms with Gasteiger partial charge in [-0.1, -0.05) is 0 Å². The average molecular weight is 318 g/mol. The molecule has 0 spiro atoms. The van der Waals surface area contributed by atoms with Crippen LogP contribution in [0.2, 0.25) is 0 Å². The van der Waals surface area contributed by atoms with E-state index in [1.54, 1.807) is 18.2 Å². The fraction of sp³-hybridized carbons (Fsp3) is 0.438. The molecule has 7 heteroatoms. The molecule has 1 fully saturated rings. The third kappa shape index (κ3) is 3.44. The van der Waals surface area contributed by atoms with Crippen LogP contribution in [0.5, 0.6) is 5.75 Å². The van der Waals surface area contributed by atoms with E-state index in [0.29, 0.717) is 42.7 Å². The van der Waals surface area contributed by atoms with Crippen molar-refractivity contribution in [2.75, 3.05) is 11.9 Å². The number of anilines is 1. The summed E-state index contributed by atoms with van der Waals surface area (Å²) < 4.78 is 5.30. The Morgan fingerprint density at radius 1 is 1.22 bits per heavy atom. The lowest BCUT2D eigenvalue weighted by atomic mass is 9.86. The van der Waals surface area contributed by atoms with Gasteiger partial charge in [-0.2, -0.15) is 0 Å². The average Bonchev–Trinajstić information content (AvgIpc) is 2.54. The fourth-order valence-corrected chi connectivity index (χ4v) is 2.97. The fourth-order valence-electron chi connectivity index (χ4n) is 2.97. The summed E-state index contributed by atoms with van der Waals surface area (Å²) >= 11 is 0. The van der Waals surface area contributed by atoms with Crippen LogP contribution < -0.4 is 15.4 Å². The van der Waals surface area contributed by atoms with Crippen molar-refractivity contribution in [3.63, 3.8) is 0 Å². The minimum absolute atomic E-state index is 0.00486. The van der Waals surface area contributed by atoms with E-state index in [4.69, 9.17) is 9.84 Å². The van der Waals surface area contributed by atoms with Gasteiger partial charge in [0.25, 0.3) is 11.8 Å². The van der Waals surface area contributed by atoms with E-state index in [0.717, 1.165) is 0 Å². The van der Waals surface area contributed by atoms with Crippen LogP contribution in [-0.4, -0.2) is 35.5 Å². The highest BCUT2D eigenvalue weighted by Crippen LogP contribution is 2.29. The van der Waals surface area contributed by atoms with E-state index in [1.165, 1.54) is 0 Å². The summed E-state index contributed by atoms with van der Waals surface area (Å²) in [5, 5.41) is 14.6. The van der Waals surface area contributed by atoms with Crippen LogP contribution in [0, 0.1) is 5.92 Å². The smallest absolute Gasteiger partial charge is 0.306 e. The van der Waals surface area contributed by atoms with Gasteiger partial charge in [-0.05, 0) is 43.9 Å². The van der Waals surface area contributed by atoms with E-state index in [-0.39, 0.29) is 30.4 Å². The van der Waals surface area contributed by atoms with E-state index < -0.39 is 5.97 Å². The van der Waals surface area contributed by atoms with Crippen molar-refractivity contribution in [3.8, 4) is 5.75 Å². The van der Waals surface area contributed by atoms with Crippen LogP contribution in [0.15, 0.2) is 18.2 Å². The number of rotatable bonds is 3. The Morgan fingerprint density at radius 3 is 2.65 bits per heavy atom. The summed E-state index contributed by atoms with van der Waals surface area (Å²) in [6.45, 7) is -0.0583. The molecule has 0 radical (unpaired) electrons. The van der Waals surface area contributed by atoms with Crippen LogP contribution in [-0.2, 0) is 9.59 Å². The molecular weight excluding hydrogens is 300 g/mol. The number of amides is 2. The number of benzene rings is 1. The van der Waals surface area contributed by atoms with Crippen molar-refractivity contribution >= 4 is 23.5 Å². The predicted molar refractivity (Wildman–Crippen MR) is 81.4 cm³/mol. The lowest BCUT2D eigenvalue weighted by Gasteiger charge is -2.27. The molecule has 122 valence electrons. The molecule has 7 nitrogen and oxygen atoms in total. The van der Waals surface area contributed by atoms with Gasteiger partial charge in [0.05, 0.1) is 11.6 Å².